The molecule has 2 atom stereocenters. The maximum atomic E-state index is 5.44. The van der Waals surface area contributed by atoms with Gasteiger partial charge in [0.1, 0.15) is 11.5 Å². The van der Waals surface area contributed by atoms with Gasteiger partial charge in [-0.05, 0) is 48.4 Å². The molecule has 0 fully saturated rings. The first-order valence-corrected chi connectivity index (χ1v) is 8.41. The van der Waals surface area contributed by atoms with Crippen molar-refractivity contribution in [3.8, 4) is 5.75 Å². The third-order valence-corrected chi connectivity index (χ3v) is 5.24. The quantitative estimate of drug-likeness (QED) is 0.880. The second kappa shape index (κ2) is 6.58. The Labute approximate surface area is 130 Å². The van der Waals surface area contributed by atoms with Gasteiger partial charge in [0.25, 0.3) is 0 Å². The molecule has 0 saturated carbocycles. The molecule has 112 valence electrons. The number of fused-ring (bicyclic) bond motifs is 1. The Kier molecular flexibility index (Phi) is 4.56. The lowest BCUT2D eigenvalue weighted by Crippen LogP contribution is -2.26. The Bertz CT molecular complexity index is 582. The molecule has 0 bridgehead atoms. The van der Waals surface area contributed by atoms with Crippen molar-refractivity contribution in [2.45, 2.75) is 30.4 Å². The third-order valence-electron chi connectivity index (χ3n) is 3.92. The SMILES string of the molecule is CCNC1c2cc(OC)ccc2CC1SCc1ccco1. The van der Waals surface area contributed by atoms with Crippen LogP contribution in [0.5, 0.6) is 5.75 Å². The number of furan rings is 1. The molecule has 0 aliphatic heterocycles. The van der Waals surface area contributed by atoms with E-state index in [1.165, 1.54) is 11.1 Å². The molecule has 1 aliphatic carbocycles. The molecular formula is C17H21NO2S. The fourth-order valence-corrected chi connectivity index (χ4v) is 4.19. The fourth-order valence-electron chi connectivity index (χ4n) is 2.91. The highest BCUT2D eigenvalue weighted by atomic mass is 32.2. The average Bonchev–Trinajstić information content (AvgIpc) is 3.13. The van der Waals surface area contributed by atoms with Crippen LogP contribution in [0.4, 0.5) is 0 Å². The number of rotatable bonds is 6. The van der Waals surface area contributed by atoms with Gasteiger partial charge in [-0.3, -0.25) is 0 Å². The highest BCUT2D eigenvalue weighted by Gasteiger charge is 2.32. The lowest BCUT2D eigenvalue weighted by atomic mass is 10.1. The molecule has 3 nitrogen and oxygen atoms in total. The molecule has 2 aromatic rings. The minimum Gasteiger partial charge on any atom is -0.497 e. The summed E-state index contributed by atoms with van der Waals surface area (Å²) in [6, 6.07) is 10.8. The molecule has 1 heterocycles. The number of ether oxygens (including phenoxy) is 1. The van der Waals surface area contributed by atoms with Crippen molar-refractivity contribution < 1.29 is 9.15 Å². The van der Waals surface area contributed by atoms with Crippen LogP contribution in [-0.4, -0.2) is 18.9 Å². The number of hydrogen-bond donors (Lipinski definition) is 1. The first-order valence-electron chi connectivity index (χ1n) is 7.36. The van der Waals surface area contributed by atoms with E-state index in [0.29, 0.717) is 11.3 Å². The van der Waals surface area contributed by atoms with Gasteiger partial charge in [-0.25, -0.2) is 0 Å². The van der Waals surface area contributed by atoms with E-state index in [1.807, 2.05) is 23.9 Å². The Morgan fingerprint density at radius 1 is 1.38 bits per heavy atom. The Morgan fingerprint density at radius 3 is 3.00 bits per heavy atom. The molecule has 4 heteroatoms. The van der Waals surface area contributed by atoms with Crippen molar-refractivity contribution in [3.05, 3.63) is 53.5 Å². The Hall–Kier alpha value is -1.39. The topological polar surface area (TPSA) is 34.4 Å². The molecule has 0 radical (unpaired) electrons. The third kappa shape index (κ3) is 3.11. The Morgan fingerprint density at radius 2 is 2.29 bits per heavy atom. The van der Waals surface area contributed by atoms with Crippen molar-refractivity contribution in [3.63, 3.8) is 0 Å². The predicted molar refractivity (Wildman–Crippen MR) is 86.9 cm³/mol. The first kappa shape index (κ1) is 14.5. The maximum Gasteiger partial charge on any atom is 0.119 e. The molecule has 1 aromatic heterocycles. The summed E-state index contributed by atoms with van der Waals surface area (Å²) in [5.74, 6) is 2.90. The van der Waals surface area contributed by atoms with Crippen LogP contribution in [0.25, 0.3) is 0 Å². The summed E-state index contributed by atoms with van der Waals surface area (Å²) in [6.07, 6.45) is 2.84. The molecule has 1 aliphatic rings. The van der Waals surface area contributed by atoms with Crippen LogP contribution >= 0.6 is 11.8 Å². The number of hydrogen-bond acceptors (Lipinski definition) is 4. The molecule has 0 amide bonds. The van der Waals surface area contributed by atoms with Gasteiger partial charge >= 0.3 is 0 Å². The van der Waals surface area contributed by atoms with Gasteiger partial charge in [-0.2, -0.15) is 0 Å². The van der Waals surface area contributed by atoms with Crippen LogP contribution in [0.15, 0.2) is 41.0 Å². The molecule has 21 heavy (non-hydrogen) atoms. The van der Waals surface area contributed by atoms with E-state index in [-0.39, 0.29) is 0 Å². The lowest BCUT2D eigenvalue weighted by molar-refractivity contribution is 0.413. The van der Waals surface area contributed by atoms with Crippen LogP contribution in [-0.2, 0) is 12.2 Å². The zero-order chi connectivity index (χ0) is 14.7. The molecule has 1 aromatic carbocycles. The lowest BCUT2D eigenvalue weighted by Gasteiger charge is -2.20. The predicted octanol–water partition coefficient (Wildman–Crippen LogP) is 3.80. The summed E-state index contributed by atoms with van der Waals surface area (Å²) in [5, 5.41) is 4.16. The highest BCUT2D eigenvalue weighted by Crippen LogP contribution is 2.41. The van der Waals surface area contributed by atoms with E-state index >= 15 is 0 Å². The van der Waals surface area contributed by atoms with E-state index in [4.69, 9.17) is 9.15 Å². The monoisotopic (exact) mass is 303 g/mol. The highest BCUT2D eigenvalue weighted by molar-refractivity contribution is 7.99. The summed E-state index contributed by atoms with van der Waals surface area (Å²) >= 11 is 1.96. The molecular weight excluding hydrogens is 282 g/mol. The molecule has 2 unspecified atom stereocenters. The van der Waals surface area contributed by atoms with Crippen LogP contribution in [0.2, 0.25) is 0 Å². The largest absolute Gasteiger partial charge is 0.497 e. The Balaban J connectivity index is 1.75. The van der Waals surface area contributed by atoms with Gasteiger partial charge in [0.05, 0.1) is 19.1 Å². The fraction of sp³-hybridized carbons (Fsp3) is 0.412. The van der Waals surface area contributed by atoms with Gasteiger partial charge in [-0.15, -0.1) is 11.8 Å². The average molecular weight is 303 g/mol. The summed E-state index contributed by atoms with van der Waals surface area (Å²) in [4.78, 5) is 0. The zero-order valence-electron chi connectivity index (χ0n) is 12.5. The number of benzene rings is 1. The minimum atomic E-state index is 0.389. The van der Waals surface area contributed by atoms with E-state index in [0.717, 1.165) is 30.2 Å². The summed E-state index contributed by atoms with van der Waals surface area (Å²) < 4.78 is 10.8. The van der Waals surface area contributed by atoms with Crippen molar-refractivity contribution >= 4 is 11.8 Å². The molecule has 0 spiro atoms. The van der Waals surface area contributed by atoms with Gasteiger partial charge in [0.15, 0.2) is 0 Å². The maximum absolute atomic E-state index is 5.44. The van der Waals surface area contributed by atoms with Crippen LogP contribution in [0.1, 0.15) is 29.9 Å². The molecule has 1 N–H and O–H groups in total. The van der Waals surface area contributed by atoms with Gasteiger partial charge in [0, 0.05) is 11.3 Å². The van der Waals surface area contributed by atoms with Crippen molar-refractivity contribution in [2.24, 2.45) is 0 Å². The van der Waals surface area contributed by atoms with E-state index in [1.54, 1.807) is 13.4 Å². The van der Waals surface area contributed by atoms with Gasteiger partial charge in [0.2, 0.25) is 0 Å². The van der Waals surface area contributed by atoms with Crippen LogP contribution in [0.3, 0.4) is 0 Å². The standard InChI is InChI=1S/C17H21NO2S/c1-3-18-17-15-10-13(19-2)7-6-12(15)9-16(17)21-11-14-5-4-8-20-14/h4-8,10,16-18H,3,9,11H2,1-2H3. The zero-order valence-corrected chi connectivity index (χ0v) is 13.3. The normalized spacial score (nSPS) is 20.5. The van der Waals surface area contributed by atoms with Gasteiger partial charge < -0.3 is 14.5 Å². The van der Waals surface area contributed by atoms with E-state index in [9.17, 15) is 0 Å². The first-order chi connectivity index (χ1) is 10.3. The van der Waals surface area contributed by atoms with E-state index in [2.05, 4.69) is 30.4 Å². The second-order valence-electron chi connectivity index (χ2n) is 5.23. The van der Waals surface area contributed by atoms with E-state index < -0.39 is 0 Å². The van der Waals surface area contributed by atoms with Crippen molar-refractivity contribution in [1.29, 1.82) is 0 Å². The van der Waals surface area contributed by atoms with Crippen LogP contribution in [0, 0.1) is 0 Å². The van der Waals surface area contributed by atoms with Crippen molar-refractivity contribution in [2.75, 3.05) is 13.7 Å². The number of nitrogens with one attached hydrogen (secondary N) is 1. The van der Waals surface area contributed by atoms with Gasteiger partial charge in [-0.1, -0.05) is 13.0 Å². The summed E-state index contributed by atoms with van der Waals surface area (Å²) in [7, 11) is 1.72. The molecule has 3 rings (SSSR count). The summed E-state index contributed by atoms with van der Waals surface area (Å²) in [5.41, 5.74) is 2.81. The molecule has 0 saturated heterocycles. The number of methoxy groups -OCH3 is 1. The van der Waals surface area contributed by atoms with Crippen LogP contribution < -0.4 is 10.1 Å². The smallest absolute Gasteiger partial charge is 0.119 e. The minimum absolute atomic E-state index is 0.389. The number of thioether (sulfide) groups is 1. The van der Waals surface area contributed by atoms with Crippen molar-refractivity contribution in [1.82, 2.24) is 5.32 Å². The summed E-state index contributed by atoms with van der Waals surface area (Å²) in [6.45, 7) is 3.13. The second-order valence-corrected chi connectivity index (χ2v) is 6.46.